The van der Waals surface area contributed by atoms with E-state index in [-0.39, 0.29) is 5.60 Å². The number of hydrogen-bond acceptors (Lipinski definition) is 3. The molecule has 1 fully saturated rings. The second kappa shape index (κ2) is 6.17. The lowest BCUT2D eigenvalue weighted by molar-refractivity contribution is -0.0985. The number of hydrogen-bond donors (Lipinski definition) is 1. The summed E-state index contributed by atoms with van der Waals surface area (Å²) in [4.78, 5) is 0. The molecule has 0 spiro atoms. The van der Waals surface area contributed by atoms with Crippen molar-refractivity contribution in [2.24, 2.45) is 5.41 Å². The molecule has 1 aliphatic rings. The Balaban J connectivity index is 2.72. The van der Waals surface area contributed by atoms with Crippen LogP contribution < -0.4 is 5.32 Å². The van der Waals surface area contributed by atoms with Gasteiger partial charge in [0.15, 0.2) is 0 Å². The predicted octanol–water partition coefficient (Wildman–Crippen LogP) is 2.60. The molecule has 1 atom stereocenters. The summed E-state index contributed by atoms with van der Waals surface area (Å²) < 4.78 is 11.2. The van der Waals surface area contributed by atoms with Crippen molar-refractivity contribution in [3.05, 3.63) is 0 Å². The van der Waals surface area contributed by atoms with Crippen molar-refractivity contribution in [1.82, 2.24) is 5.32 Å². The zero-order valence-corrected chi connectivity index (χ0v) is 12.1. The first kappa shape index (κ1) is 14.9. The van der Waals surface area contributed by atoms with Crippen LogP contribution in [0.25, 0.3) is 0 Å². The molecule has 17 heavy (non-hydrogen) atoms. The second-order valence-electron chi connectivity index (χ2n) is 6.00. The summed E-state index contributed by atoms with van der Waals surface area (Å²) in [7, 11) is 3.61. The van der Waals surface area contributed by atoms with Gasteiger partial charge in [0.25, 0.3) is 0 Å². The van der Waals surface area contributed by atoms with Crippen LogP contribution in [0.4, 0.5) is 0 Å². The number of likely N-dealkylation sites (N-methyl/N-ethyl adjacent to an activating group) is 1. The van der Waals surface area contributed by atoms with Gasteiger partial charge in [-0.1, -0.05) is 20.8 Å². The smallest absolute Gasteiger partial charge is 0.0853 e. The molecule has 1 unspecified atom stereocenters. The highest BCUT2D eigenvalue weighted by Crippen LogP contribution is 2.43. The van der Waals surface area contributed by atoms with Crippen LogP contribution in [0.2, 0.25) is 0 Å². The molecule has 0 radical (unpaired) electrons. The lowest BCUT2D eigenvalue weighted by Gasteiger charge is -2.47. The van der Waals surface area contributed by atoms with E-state index >= 15 is 0 Å². The predicted molar refractivity (Wildman–Crippen MR) is 71.3 cm³/mol. The zero-order valence-electron chi connectivity index (χ0n) is 12.1. The summed E-state index contributed by atoms with van der Waals surface area (Å²) in [6, 6.07) is 0.304. The molecule has 0 bridgehead atoms. The molecular formula is C14H29NO2. The van der Waals surface area contributed by atoms with E-state index in [0.717, 1.165) is 26.0 Å². The highest BCUT2D eigenvalue weighted by atomic mass is 16.5. The van der Waals surface area contributed by atoms with E-state index in [4.69, 9.17) is 9.47 Å². The van der Waals surface area contributed by atoms with Gasteiger partial charge in [-0.25, -0.2) is 0 Å². The van der Waals surface area contributed by atoms with Crippen LogP contribution in [0.5, 0.6) is 0 Å². The Morgan fingerprint density at radius 1 is 1.12 bits per heavy atom. The molecule has 1 aliphatic carbocycles. The number of nitrogens with one attached hydrogen (secondary N) is 1. The van der Waals surface area contributed by atoms with Crippen LogP contribution in [0, 0.1) is 5.41 Å². The largest absolute Gasteiger partial charge is 0.383 e. The first-order valence-electron chi connectivity index (χ1n) is 6.77. The summed E-state index contributed by atoms with van der Waals surface area (Å²) >= 11 is 0. The van der Waals surface area contributed by atoms with E-state index in [0.29, 0.717) is 11.5 Å². The zero-order chi connectivity index (χ0) is 12.9. The maximum atomic E-state index is 5.90. The second-order valence-corrected chi connectivity index (χ2v) is 6.00. The molecule has 0 amide bonds. The third-order valence-corrected chi connectivity index (χ3v) is 4.28. The summed E-state index contributed by atoms with van der Waals surface area (Å²) in [5.41, 5.74) is 0.424. The average molecular weight is 243 g/mol. The van der Waals surface area contributed by atoms with Crippen molar-refractivity contribution in [3.8, 4) is 0 Å². The van der Waals surface area contributed by atoms with Crippen LogP contribution in [0.15, 0.2) is 0 Å². The highest BCUT2D eigenvalue weighted by Gasteiger charge is 2.43. The van der Waals surface area contributed by atoms with E-state index in [9.17, 15) is 0 Å². The quantitative estimate of drug-likeness (QED) is 0.778. The van der Waals surface area contributed by atoms with Crippen LogP contribution in [0.1, 0.15) is 46.5 Å². The molecular weight excluding hydrogens is 214 g/mol. The summed E-state index contributed by atoms with van der Waals surface area (Å²) in [5.74, 6) is 0. The molecule has 1 rings (SSSR count). The molecule has 102 valence electrons. The SMILES string of the molecule is CCNC(COC)C1(OC)CCC(C)(C)CC1. The Labute approximate surface area is 106 Å². The normalized spacial score (nSPS) is 24.5. The molecule has 0 aromatic rings. The third kappa shape index (κ3) is 3.67. The number of rotatable bonds is 6. The van der Waals surface area contributed by atoms with Gasteiger partial charge in [0, 0.05) is 14.2 Å². The summed E-state index contributed by atoms with van der Waals surface area (Å²) in [6.07, 6.45) is 4.70. The molecule has 3 heteroatoms. The van der Waals surface area contributed by atoms with Crippen molar-refractivity contribution < 1.29 is 9.47 Å². The van der Waals surface area contributed by atoms with Gasteiger partial charge < -0.3 is 14.8 Å². The maximum Gasteiger partial charge on any atom is 0.0853 e. The topological polar surface area (TPSA) is 30.5 Å². The van der Waals surface area contributed by atoms with Gasteiger partial charge in [0.05, 0.1) is 18.2 Å². The minimum atomic E-state index is -0.0401. The Bertz CT molecular complexity index is 212. The third-order valence-electron chi connectivity index (χ3n) is 4.28. The van der Waals surface area contributed by atoms with Crippen molar-refractivity contribution in [2.75, 3.05) is 27.4 Å². The minimum Gasteiger partial charge on any atom is -0.383 e. The van der Waals surface area contributed by atoms with Gasteiger partial charge in [-0.2, -0.15) is 0 Å². The molecule has 0 saturated heterocycles. The number of methoxy groups -OCH3 is 2. The Morgan fingerprint density at radius 3 is 2.12 bits per heavy atom. The van der Waals surface area contributed by atoms with E-state index in [1.54, 1.807) is 7.11 Å². The van der Waals surface area contributed by atoms with Crippen LogP contribution in [-0.2, 0) is 9.47 Å². The van der Waals surface area contributed by atoms with Crippen LogP contribution >= 0.6 is 0 Å². The van der Waals surface area contributed by atoms with E-state index < -0.39 is 0 Å². The molecule has 3 nitrogen and oxygen atoms in total. The monoisotopic (exact) mass is 243 g/mol. The molecule has 0 heterocycles. The van der Waals surface area contributed by atoms with E-state index in [1.807, 2.05) is 7.11 Å². The maximum absolute atomic E-state index is 5.90. The Kier molecular flexibility index (Phi) is 5.42. The molecule has 0 aromatic heterocycles. The summed E-state index contributed by atoms with van der Waals surface area (Å²) in [6.45, 7) is 8.53. The van der Waals surface area contributed by atoms with Crippen molar-refractivity contribution in [1.29, 1.82) is 0 Å². The standard InChI is InChI=1S/C14H29NO2/c1-6-15-12(11-16-4)14(17-5)9-7-13(2,3)8-10-14/h12,15H,6-11H2,1-5H3. The van der Waals surface area contributed by atoms with Crippen LogP contribution in [0.3, 0.4) is 0 Å². The van der Waals surface area contributed by atoms with E-state index in [1.165, 1.54) is 12.8 Å². The first-order valence-corrected chi connectivity index (χ1v) is 6.77. The van der Waals surface area contributed by atoms with Crippen LogP contribution in [-0.4, -0.2) is 39.0 Å². The van der Waals surface area contributed by atoms with Crippen molar-refractivity contribution >= 4 is 0 Å². The lowest BCUT2D eigenvalue weighted by Crippen LogP contribution is -2.56. The first-order chi connectivity index (χ1) is 7.99. The van der Waals surface area contributed by atoms with Gasteiger partial charge in [0.2, 0.25) is 0 Å². The van der Waals surface area contributed by atoms with Crippen molar-refractivity contribution in [3.63, 3.8) is 0 Å². The van der Waals surface area contributed by atoms with Crippen molar-refractivity contribution in [2.45, 2.75) is 58.1 Å². The fourth-order valence-corrected chi connectivity index (χ4v) is 2.85. The van der Waals surface area contributed by atoms with Gasteiger partial charge in [-0.05, 0) is 37.6 Å². The average Bonchev–Trinajstić information content (AvgIpc) is 2.30. The lowest BCUT2D eigenvalue weighted by atomic mass is 9.68. The molecule has 1 N–H and O–H groups in total. The minimum absolute atomic E-state index is 0.0401. The van der Waals surface area contributed by atoms with Gasteiger partial charge >= 0.3 is 0 Å². The van der Waals surface area contributed by atoms with Gasteiger partial charge in [-0.3, -0.25) is 0 Å². The van der Waals surface area contributed by atoms with Gasteiger partial charge in [-0.15, -0.1) is 0 Å². The fraction of sp³-hybridized carbons (Fsp3) is 1.00. The highest BCUT2D eigenvalue weighted by molar-refractivity contribution is 4.98. The molecule has 1 saturated carbocycles. The molecule has 0 aliphatic heterocycles. The Morgan fingerprint density at radius 2 is 1.71 bits per heavy atom. The fourth-order valence-electron chi connectivity index (χ4n) is 2.85. The van der Waals surface area contributed by atoms with E-state index in [2.05, 4.69) is 26.1 Å². The Hall–Kier alpha value is -0.120. The van der Waals surface area contributed by atoms with Gasteiger partial charge in [0.1, 0.15) is 0 Å². The number of ether oxygens (including phenoxy) is 2. The summed E-state index contributed by atoms with van der Waals surface area (Å²) in [5, 5.41) is 3.52. The molecule has 0 aromatic carbocycles.